The molecule has 0 aromatic carbocycles. The topological polar surface area (TPSA) is 37.4 Å². The maximum Gasteiger partial charge on any atom is 0.244 e. The van der Waals surface area contributed by atoms with Crippen molar-refractivity contribution in [2.45, 2.75) is 23.7 Å². The van der Waals surface area contributed by atoms with Crippen LogP contribution in [0, 0.1) is 0 Å². The van der Waals surface area contributed by atoms with E-state index in [9.17, 15) is 8.42 Å². The van der Waals surface area contributed by atoms with Crippen molar-refractivity contribution >= 4 is 44.3 Å². The van der Waals surface area contributed by atoms with Gasteiger partial charge in [-0.3, -0.25) is 0 Å². The number of alkyl halides is 1. The Hall–Kier alpha value is -0.400. The van der Waals surface area contributed by atoms with Crippen LogP contribution in [0.2, 0.25) is 0 Å². The zero-order valence-corrected chi connectivity index (χ0v) is 13.2. The minimum absolute atomic E-state index is 0.356. The molecule has 0 radical (unpaired) electrons. The summed E-state index contributed by atoms with van der Waals surface area (Å²) >= 11 is 8.83. The number of nitrogens with zero attached hydrogens (tertiary/aromatic N) is 1. The molecule has 3 heterocycles. The van der Waals surface area contributed by atoms with Crippen molar-refractivity contribution in [3.05, 3.63) is 38.2 Å². The number of sulfonamides is 1. The Morgan fingerprint density at radius 3 is 2.95 bits per heavy atom. The summed E-state index contributed by atoms with van der Waals surface area (Å²) in [5.41, 5.74) is 1.13. The van der Waals surface area contributed by atoms with Crippen LogP contribution in [0.1, 0.15) is 15.3 Å². The van der Waals surface area contributed by atoms with E-state index in [4.69, 9.17) is 11.6 Å². The Kier molecular flexibility index (Phi) is 3.70. The smallest absolute Gasteiger partial charge is 0.207 e. The summed E-state index contributed by atoms with van der Waals surface area (Å²) in [6, 6.07) is 3.69. The van der Waals surface area contributed by atoms with Gasteiger partial charge in [-0.1, -0.05) is 0 Å². The zero-order chi connectivity index (χ0) is 13.5. The Labute approximate surface area is 125 Å². The van der Waals surface area contributed by atoms with Crippen LogP contribution in [0.25, 0.3) is 0 Å². The van der Waals surface area contributed by atoms with Crippen molar-refractivity contribution in [2.24, 2.45) is 0 Å². The van der Waals surface area contributed by atoms with Gasteiger partial charge in [0.15, 0.2) is 0 Å². The molecule has 0 bridgehead atoms. The average molecular weight is 334 g/mol. The largest absolute Gasteiger partial charge is 0.244 e. The van der Waals surface area contributed by atoms with Crippen LogP contribution in [0.5, 0.6) is 0 Å². The summed E-state index contributed by atoms with van der Waals surface area (Å²) in [4.78, 5) is 2.55. The highest BCUT2D eigenvalue weighted by Gasteiger charge is 2.29. The second-order valence-electron chi connectivity index (χ2n) is 4.34. The molecule has 2 aromatic heterocycles. The number of hydrogen-bond donors (Lipinski definition) is 0. The van der Waals surface area contributed by atoms with Crippen molar-refractivity contribution in [3.8, 4) is 0 Å². The molecule has 0 amide bonds. The van der Waals surface area contributed by atoms with Gasteiger partial charge in [-0.05, 0) is 29.5 Å². The molecule has 0 spiro atoms. The number of fused-ring (bicyclic) bond motifs is 1. The molecular weight excluding hydrogens is 322 g/mol. The van der Waals surface area contributed by atoms with Gasteiger partial charge < -0.3 is 0 Å². The van der Waals surface area contributed by atoms with Crippen LogP contribution < -0.4 is 0 Å². The minimum Gasteiger partial charge on any atom is -0.207 e. The van der Waals surface area contributed by atoms with E-state index in [-0.39, 0.29) is 0 Å². The first kappa shape index (κ1) is 13.6. The molecule has 1 aliphatic rings. The van der Waals surface area contributed by atoms with E-state index in [1.165, 1.54) is 16.2 Å². The van der Waals surface area contributed by atoms with E-state index < -0.39 is 10.0 Å². The fourth-order valence-electron chi connectivity index (χ4n) is 2.14. The lowest BCUT2D eigenvalue weighted by Crippen LogP contribution is -2.35. The number of thiophene rings is 2. The van der Waals surface area contributed by atoms with Crippen LogP contribution >= 0.6 is 34.3 Å². The summed E-state index contributed by atoms with van der Waals surface area (Å²) in [5.74, 6) is 0.356. The van der Waals surface area contributed by atoms with E-state index in [2.05, 4.69) is 0 Å². The summed E-state index contributed by atoms with van der Waals surface area (Å²) in [7, 11) is -3.38. The van der Waals surface area contributed by atoms with Gasteiger partial charge >= 0.3 is 0 Å². The lowest BCUT2D eigenvalue weighted by Gasteiger charge is -2.25. The average Bonchev–Trinajstić information content (AvgIpc) is 3.06. The highest BCUT2D eigenvalue weighted by Crippen LogP contribution is 2.30. The standard InChI is InChI=1S/C12H12ClNO2S3/c13-6-10-5-11(8-18-10)19(15,16)14-3-1-12-9(7-14)2-4-17-12/h2,4-5,8H,1,3,6-7H2. The van der Waals surface area contributed by atoms with Crippen molar-refractivity contribution in [3.63, 3.8) is 0 Å². The number of hydrogen-bond acceptors (Lipinski definition) is 4. The van der Waals surface area contributed by atoms with E-state index in [1.54, 1.807) is 27.1 Å². The van der Waals surface area contributed by atoms with Crippen LogP contribution in [-0.4, -0.2) is 19.3 Å². The molecule has 2 aromatic rings. The second-order valence-corrected chi connectivity index (χ2v) is 8.54. The zero-order valence-electron chi connectivity index (χ0n) is 10.0. The Morgan fingerprint density at radius 2 is 2.21 bits per heavy atom. The normalized spacial score (nSPS) is 16.5. The molecular formula is C12H12ClNO2S3. The van der Waals surface area contributed by atoms with Crippen molar-refractivity contribution in [2.75, 3.05) is 6.54 Å². The molecule has 19 heavy (non-hydrogen) atoms. The predicted octanol–water partition coefficient (Wildman–Crippen LogP) is 3.30. The Bertz CT molecular complexity index is 689. The van der Waals surface area contributed by atoms with Gasteiger partial charge in [0.1, 0.15) is 0 Å². The molecule has 0 aliphatic carbocycles. The maximum absolute atomic E-state index is 12.5. The summed E-state index contributed by atoms with van der Waals surface area (Å²) in [6.45, 7) is 1.04. The number of halogens is 1. The third kappa shape index (κ3) is 2.48. The molecule has 1 aliphatic heterocycles. The first-order chi connectivity index (χ1) is 9.11. The lowest BCUT2D eigenvalue weighted by molar-refractivity contribution is 0.394. The Morgan fingerprint density at radius 1 is 1.37 bits per heavy atom. The van der Waals surface area contributed by atoms with Crippen LogP contribution in [0.15, 0.2) is 27.8 Å². The van der Waals surface area contributed by atoms with Crippen LogP contribution in [0.4, 0.5) is 0 Å². The quantitative estimate of drug-likeness (QED) is 0.808. The summed E-state index contributed by atoms with van der Waals surface area (Å²) in [5, 5.41) is 3.70. The predicted molar refractivity (Wildman–Crippen MR) is 79.5 cm³/mol. The minimum atomic E-state index is -3.38. The monoisotopic (exact) mass is 333 g/mol. The van der Waals surface area contributed by atoms with Gasteiger partial charge in [-0.25, -0.2) is 8.42 Å². The van der Waals surface area contributed by atoms with E-state index in [0.717, 1.165) is 16.9 Å². The molecule has 0 fully saturated rings. The highest BCUT2D eigenvalue weighted by molar-refractivity contribution is 7.89. The summed E-state index contributed by atoms with van der Waals surface area (Å²) in [6.07, 6.45) is 0.804. The third-order valence-corrected chi connectivity index (χ3v) is 7.55. The molecule has 0 atom stereocenters. The fourth-order valence-corrected chi connectivity index (χ4v) is 5.83. The van der Waals surface area contributed by atoms with Crippen LogP contribution in [-0.2, 0) is 28.9 Å². The van der Waals surface area contributed by atoms with Crippen molar-refractivity contribution in [1.29, 1.82) is 0 Å². The van der Waals surface area contributed by atoms with Crippen LogP contribution in [0.3, 0.4) is 0 Å². The van der Waals surface area contributed by atoms with Gasteiger partial charge in [0.25, 0.3) is 0 Å². The van der Waals surface area contributed by atoms with Crippen molar-refractivity contribution < 1.29 is 8.42 Å². The molecule has 0 saturated carbocycles. The van der Waals surface area contributed by atoms with Crippen molar-refractivity contribution in [1.82, 2.24) is 4.31 Å². The molecule has 0 N–H and O–H groups in total. The lowest BCUT2D eigenvalue weighted by atomic mass is 10.1. The Balaban J connectivity index is 1.89. The maximum atomic E-state index is 12.5. The molecule has 3 rings (SSSR count). The SMILES string of the molecule is O=S(=O)(c1csc(CCl)c1)N1CCc2sccc2C1. The second kappa shape index (κ2) is 5.18. The van der Waals surface area contributed by atoms with Gasteiger partial charge in [-0.2, -0.15) is 4.31 Å². The first-order valence-corrected chi connectivity index (χ1v) is 9.53. The fraction of sp³-hybridized carbons (Fsp3) is 0.333. The molecule has 0 unspecified atom stereocenters. The molecule has 3 nitrogen and oxygen atoms in total. The van der Waals surface area contributed by atoms with Gasteiger partial charge in [0, 0.05) is 28.2 Å². The van der Waals surface area contributed by atoms with Gasteiger partial charge in [-0.15, -0.1) is 34.3 Å². The van der Waals surface area contributed by atoms with Gasteiger partial charge in [0.2, 0.25) is 10.0 Å². The van der Waals surface area contributed by atoms with Gasteiger partial charge in [0.05, 0.1) is 10.8 Å². The first-order valence-electron chi connectivity index (χ1n) is 5.80. The number of rotatable bonds is 3. The third-order valence-electron chi connectivity index (χ3n) is 3.17. The van der Waals surface area contributed by atoms with E-state index in [0.29, 0.717) is 23.9 Å². The molecule has 102 valence electrons. The molecule has 0 saturated heterocycles. The molecule has 7 heteroatoms. The highest BCUT2D eigenvalue weighted by atomic mass is 35.5. The van der Waals surface area contributed by atoms with E-state index >= 15 is 0 Å². The van der Waals surface area contributed by atoms with E-state index in [1.807, 2.05) is 11.4 Å². The summed E-state index contributed by atoms with van der Waals surface area (Å²) < 4.78 is 26.6.